The topological polar surface area (TPSA) is 120 Å². The summed E-state index contributed by atoms with van der Waals surface area (Å²) in [6, 6.07) is 9.96. The first-order valence-electron chi connectivity index (χ1n) is 8.72. The normalized spacial score (nSPS) is 11.2. The van der Waals surface area contributed by atoms with Crippen molar-refractivity contribution in [2.45, 2.75) is 6.43 Å². The van der Waals surface area contributed by atoms with E-state index in [9.17, 15) is 18.4 Å². The Balaban J connectivity index is 1.81. The summed E-state index contributed by atoms with van der Waals surface area (Å²) in [7, 11) is 1.49. The molecule has 0 bridgehead atoms. The van der Waals surface area contributed by atoms with E-state index in [4.69, 9.17) is 5.73 Å². The number of amides is 2. The number of benzene rings is 1. The van der Waals surface area contributed by atoms with Crippen LogP contribution in [0.25, 0.3) is 16.9 Å². The molecule has 4 aromatic rings. The maximum atomic E-state index is 13.6. The van der Waals surface area contributed by atoms with Crippen molar-refractivity contribution in [2.24, 2.45) is 12.8 Å². The van der Waals surface area contributed by atoms with Gasteiger partial charge in [-0.25, -0.2) is 18.3 Å². The molecule has 3 heterocycles. The summed E-state index contributed by atoms with van der Waals surface area (Å²) in [6.07, 6.45) is -0.441. The highest BCUT2D eigenvalue weighted by Gasteiger charge is 2.23. The number of rotatable bonds is 5. The number of fused-ring (bicyclic) bond motifs is 1. The van der Waals surface area contributed by atoms with Gasteiger partial charge in [0.15, 0.2) is 5.65 Å². The number of carbonyl (C=O) groups is 2. The van der Waals surface area contributed by atoms with Crippen molar-refractivity contribution >= 4 is 23.1 Å². The number of nitrogens with one attached hydrogen (secondary N) is 1. The van der Waals surface area contributed by atoms with Crippen molar-refractivity contribution in [1.82, 2.24) is 24.4 Å². The van der Waals surface area contributed by atoms with E-state index in [-0.39, 0.29) is 28.3 Å². The molecule has 0 aliphatic rings. The van der Waals surface area contributed by atoms with Crippen LogP contribution >= 0.6 is 0 Å². The van der Waals surface area contributed by atoms with Gasteiger partial charge in [0.1, 0.15) is 17.0 Å². The SMILES string of the molecule is Cn1ncc(NC(=O)c2cnn3c(C(F)F)cc(-c4ccccc4)nc23)c1C(N)=O. The lowest BCUT2D eigenvalue weighted by Gasteiger charge is -2.09. The highest BCUT2D eigenvalue weighted by atomic mass is 19.3. The van der Waals surface area contributed by atoms with Crippen LogP contribution in [-0.4, -0.2) is 36.2 Å². The lowest BCUT2D eigenvalue weighted by Crippen LogP contribution is -2.20. The van der Waals surface area contributed by atoms with Crippen molar-refractivity contribution in [3.8, 4) is 11.3 Å². The van der Waals surface area contributed by atoms with Crippen molar-refractivity contribution in [3.05, 3.63) is 65.7 Å². The number of anilines is 1. The smallest absolute Gasteiger partial charge is 0.280 e. The number of nitrogens with zero attached hydrogens (tertiary/aromatic N) is 5. The maximum absolute atomic E-state index is 13.6. The molecule has 1 aromatic carbocycles. The van der Waals surface area contributed by atoms with Crippen LogP contribution < -0.4 is 11.1 Å². The van der Waals surface area contributed by atoms with Gasteiger partial charge in [0.05, 0.1) is 23.8 Å². The second-order valence-corrected chi connectivity index (χ2v) is 6.38. The minimum Gasteiger partial charge on any atom is -0.364 e. The summed E-state index contributed by atoms with van der Waals surface area (Å²) in [6.45, 7) is 0. The minimum atomic E-state index is -2.84. The fraction of sp³-hybridized carbons (Fsp3) is 0.105. The quantitative estimate of drug-likeness (QED) is 0.523. The van der Waals surface area contributed by atoms with Crippen LogP contribution in [0.5, 0.6) is 0 Å². The largest absolute Gasteiger partial charge is 0.364 e. The van der Waals surface area contributed by atoms with Crippen LogP contribution in [0.4, 0.5) is 14.5 Å². The van der Waals surface area contributed by atoms with Gasteiger partial charge in [-0.15, -0.1) is 0 Å². The molecule has 0 spiro atoms. The van der Waals surface area contributed by atoms with Crippen LogP contribution in [-0.2, 0) is 7.05 Å². The number of hydrogen-bond acceptors (Lipinski definition) is 5. The van der Waals surface area contributed by atoms with Crippen molar-refractivity contribution in [1.29, 1.82) is 0 Å². The lowest BCUT2D eigenvalue weighted by atomic mass is 10.1. The van der Waals surface area contributed by atoms with Crippen LogP contribution in [0.2, 0.25) is 0 Å². The molecule has 4 rings (SSSR count). The summed E-state index contributed by atoms with van der Waals surface area (Å²) in [4.78, 5) is 28.8. The van der Waals surface area contributed by atoms with Gasteiger partial charge in [-0.3, -0.25) is 14.3 Å². The highest BCUT2D eigenvalue weighted by molar-refractivity contribution is 6.10. The van der Waals surface area contributed by atoms with Gasteiger partial charge in [-0.2, -0.15) is 10.2 Å². The van der Waals surface area contributed by atoms with Gasteiger partial charge in [0, 0.05) is 12.6 Å². The van der Waals surface area contributed by atoms with E-state index in [1.165, 1.54) is 24.0 Å². The Morgan fingerprint density at radius 2 is 1.87 bits per heavy atom. The van der Waals surface area contributed by atoms with E-state index in [2.05, 4.69) is 20.5 Å². The summed E-state index contributed by atoms with van der Waals surface area (Å²) in [5.74, 6) is -1.48. The number of aryl methyl sites for hydroxylation is 1. The summed E-state index contributed by atoms with van der Waals surface area (Å²) < 4.78 is 29.4. The molecule has 0 aliphatic carbocycles. The van der Waals surface area contributed by atoms with E-state index in [0.717, 1.165) is 10.7 Å². The molecule has 3 N–H and O–H groups in total. The highest BCUT2D eigenvalue weighted by Crippen LogP contribution is 2.27. The Morgan fingerprint density at radius 3 is 2.53 bits per heavy atom. The van der Waals surface area contributed by atoms with Crippen LogP contribution in [0.1, 0.15) is 33.0 Å². The average molecular weight is 411 g/mol. The van der Waals surface area contributed by atoms with Crippen LogP contribution in [0, 0.1) is 0 Å². The monoisotopic (exact) mass is 411 g/mol. The van der Waals surface area contributed by atoms with Crippen molar-refractivity contribution in [3.63, 3.8) is 0 Å². The van der Waals surface area contributed by atoms with Crippen molar-refractivity contribution < 1.29 is 18.4 Å². The first-order chi connectivity index (χ1) is 14.4. The number of alkyl halides is 2. The van der Waals surface area contributed by atoms with E-state index in [1.807, 2.05) is 0 Å². The van der Waals surface area contributed by atoms with Gasteiger partial charge in [-0.05, 0) is 6.07 Å². The first kappa shape index (κ1) is 19.2. The zero-order valence-electron chi connectivity index (χ0n) is 15.6. The Morgan fingerprint density at radius 1 is 1.13 bits per heavy atom. The molecule has 0 unspecified atom stereocenters. The van der Waals surface area contributed by atoms with Crippen LogP contribution in [0.15, 0.2) is 48.8 Å². The van der Waals surface area contributed by atoms with Crippen LogP contribution in [0.3, 0.4) is 0 Å². The summed E-state index contributed by atoms with van der Waals surface area (Å²) >= 11 is 0. The Bertz CT molecular complexity index is 1260. The van der Waals surface area contributed by atoms with Gasteiger partial charge in [0.25, 0.3) is 18.2 Å². The molecular formula is C19H15F2N7O2. The molecule has 0 saturated carbocycles. The zero-order valence-corrected chi connectivity index (χ0v) is 15.6. The zero-order chi connectivity index (χ0) is 21.4. The second-order valence-electron chi connectivity index (χ2n) is 6.38. The molecule has 0 saturated heterocycles. The number of hydrogen-bond donors (Lipinski definition) is 2. The molecule has 152 valence electrons. The van der Waals surface area contributed by atoms with Gasteiger partial charge in [-0.1, -0.05) is 30.3 Å². The van der Waals surface area contributed by atoms with E-state index >= 15 is 0 Å². The number of aromatic nitrogens is 5. The predicted octanol–water partition coefficient (Wildman–Crippen LogP) is 2.42. The number of primary amides is 1. The molecule has 3 aromatic heterocycles. The Kier molecular flexibility index (Phi) is 4.70. The molecular weight excluding hydrogens is 396 g/mol. The van der Waals surface area contributed by atoms with E-state index in [0.29, 0.717) is 5.56 Å². The Hall–Kier alpha value is -4.15. The van der Waals surface area contributed by atoms with Crippen molar-refractivity contribution in [2.75, 3.05) is 5.32 Å². The summed E-state index contributed by atoms with van der Waals surface area (Å²) in [5.41, 5.74) is 5.78. The lowest BCUT2D eigenvalue weighted by molar-refractivity contribution is 0.0992. The molecule has 11 heteroatoms. The number of halogens is 2. The van der Waals surface area contributed by atoms with Gasteiger partial charge >= 0.3 is 0 Å². The van der Waals surface area contributed by atoms with E-state index in [1.54, 1.807) is 30.3 Å². The average Bonchev–Trinajstić information content (AvgIpc) is 3.31. The number of carbonyl (C=O) groups excluding carboxylic acids is 2. The fourth-order valence-corrected chi connectivity index (χ4v) is 3.07. The van der Waals surface area contributed by atoms with Gasteiger partial charge in [0.2, 0.25) is 0 Å². The number of nitrogens with two attached hydrogens (primary N) is 1. The third-order valence-corrected chi connectivity index (χ3v) is 4.46. The molecule has 2 amide bonds. The predicted molar refractivity (Wildman–Crippen MR) is 103 cm³/mol. The second kappa shape index (κ2) is 7.35. The fourth-order valence-electron chi connectivity index (χ4n) is 3.07. The molecule has 9 nitrogen and oxygen atoms in total. The first-order valence-corrected chi connectivity index (χ1v) is 8.72. The minimum absolute atomic E-state index is 0.00831. The standard InChI is InChI=1S/C19H15F2N7O2/c1-27-15(17(22)29)13(9-23-27)26-19(30)11-8-24-28-14(16(20)21)7-12(25-18(11)28)10-5-3-2-4-6-10/h2-9,16H,1H3,(H2,22,29)(H,26,30). The summed E-state index contributed by atoms with van der Waals surface area (Å²) in [5, 5.41) is 10.3. The third-order valence-electron chi connectivity index (χ3n) is 4.46. The Labute approximate surface area is 168 Å². The molecule has 0 aliphatic heterocycles. The van der Waals surface area contributed by atoms with Gasteiger partial charge < -0.3 is 11.1 Å². The molecule has 30 heavy (non-hydrogen) atoms. The van der Waals surface area contributed by atoms with E-state index < -0.39 is 23.9 Å². The third kappa shape index (κ3) is 3.26. The molecule has 0 fully saturated rings. The maximum Gasteiger partial charge on any atom is 0.280 e. The molecule has 0 atom stereocenters. The molecule has 0 radical (unpaired) electrons.